The molecule has 7 nitrogen and oxygen atoms in total. The molecule has 128 valence electrons. The maximum absolute atomic E-state index is 12.4. The van der Waals surface area contributed by atoms with Crippen molar-refractivity contribution >= 4 is 5.91 Å². The molecule has 1 aliphatic rings. The Hall–Kier alpha value is -2.54. The zero-order valence-corrected chi connectivity index (χ0v) is 13.6. The molecule has 24 heavy (non-hydrogen) atoms. The van der Waals surface area contributed by atoms with Gasteiger partial charge >= 0.3 is 0 Å². The molecule has 0 aromatic carbocycles. The molecule has 2 aromatic rings. The fraction of sp³-hybridized carbons (Fsp3) is 0.412. The molecule has 1 amide bonds. The van der Waals surface area contributed by atoms with E-state index in [4.69, 9.17) is 13.9 Å². The van der Waals surface area contributed by atoms with E-state index in [2.05, 4.69) is 10.3 Å². The molecule has 1 saturated carbocycles. The maximum atomic E-state index is 12.4. The minimum absolute atomic E-state index is 0.149. The SMILES string of the molecule is COc1ccc([C@H](NC(=O)c2ccc(OC)o2)C2CC(O)C2)cn1. The van der Waals surface area contributed by atoms with Crippen LogP contribution in [-0.4, -0.2) is 36.3 Å². The summed E-state index contributed by atoms with van der Waals surface area (Å²) in [6.45, 7) is 0. The largest absolute Gasteiger partial charge is 0.481 e. The third kappa shape index (κ3) is 3.35. The predicted molar refractivity (Wildman–Crippen MR) is 85.0 cm³/mol. The second-order valence-corrected chi connectivity index (χ2v) is 5.79. The summed E-state index contributed by atoms with van der Waals surface area (Å²) in [5.41, 5.74) is 0.861. The van der Waals surface area contributed by atoms with Crippen molar-refractivity contribution in [2.75, 3.05) is 14.2 Å². The van der Waals surface area contributed by atoms with Gasteiger partial charge in [-0.05, 0) is 30.4 Å². The summed E-state index contributed by atoms with van der Waals surface area (Å²) in [4.78, 5) is 16.6. The number of carbonyl (C=O) groups is 1. The molecule has 2 heterocycles. The Morgan fingerprint density at radius 1 is 1.29 bits per heavy atom. The van der Waals surface area contributed by atoms with Gasteiger partial charge in [0.2, 0.25) is 5.88 Å². The normalized spacial score (nSPS) is 20.8. The van der Waals surface area contributed by atoms with Crippen molar-refractivity contribution in [3.05, 3.63) is 41.8 Å². The molecule has 1 atom stereocenters. The number of rotatable bonds is 6. The van der Waals surface area contributed by atoms with E-state index in [1.807, 2.05) is 6.07 Å². The van der Waals surface area contributed by atoms with Crippen LogP contribution in [0.5, 0.6) is 11.8 Å². The molecule has 0 radical (unpaired) electrons. The summed E-state index contributed by atoms with van der Waals surface area (Å²) in [5.74, 6) is 0.782. The molecule has 0 bridgehead atoms. The van der Waals surface area contributed by atoms with Gasteiger partial charge in [-0.15, -0.1) is 0 Å². The maximum Gasteiger partial charge on any atom is 0.287 e. The monoisotopic (exact) mass is 332 g/mol. The lowest BCUT2D eigenvalue weighted by Gasteiger charge is -2.38. The average Bonchev–Trinajstić information content (AvgIpc) is 3.06. The molecule has 7 heteroatoms. The van der Waals surface area contributed by atoms with Gasteiger partial charge in [0.15, 0.2) is 5.76 Å². The summed E-state index contributed by atoms with van der Waals surface area (Å²) >= 11 is 0. The third-order valence-corrected chi connectivity index (χ3v) is 4.24. The summed E-state index contributed by atoms with van der Waals surface area (Å²) in [6, 6.07) is 6.51. The molecular formula is C17H20N2O5. The van der Waals surface area contributed by atoms with Gasteiger partial charge in [0, 0.05) is 18.3 Å². The number of aliphatic hydroxyl groups is 1. The molecule has 1 aliphatic carbocycles. The van der Waals surface area contributed by atoms with Crippen LogP contribution in [0.4, 0.5) is 0 Å². The third-order valence-electron chi connectivity index (χ3n) is 4.24. The van der Waals surface area contributed by atoms with E-state index < -0.39 is 0 Å². The van der Waals surface area contributed by atoms with E-state index in [0.29, 0.717) is 18.7 Å². The van der Waals surface area contributed by atoms with Crippen molar-refractivity contribution < 1.29 is 23.8 Å². The first-order valence-corrected chi connectivity index (χ1v) is 7.73. The van der Waals surface area contributed by atoms with Gasteiger partial charge < -0.3 is 24.3 Å². The van der Waals surface area contributed by atoms with Crippen LogP contribution in [0.2, 0.25) is 0 Å². The summed E-state index contributed by atoms with van der Waals surface area (Å²) in [5, 5.41) is 12.6. The van der Waals surface area contributed by atoms with Crippen molar-refractivity contribution in [3.8, 4) is 11.8 Å². The van der Waals surface area contributed by atoms with Crippen LogP contribution in [0.3, 0.4) is 0 Å². The number of pyridine rings is 1. The Morgan fingerprint density at radius 3 is 2.62 bits per heavy atom. The number of nitrogens with zero attached hydrogens (tertiary/aromatic N) is 1. The zero-order valence-electron chi connectivity index (χ0n) is 13.6. The lowest BCUT2D eigenvalue weighted by atomic mass is 9.75. The van der Waals surface area contributed by atoms with Gasteiger partial charge in [0.1, 0.15) is 0 Å². The van der Waals surface area contributed by atoms with Gasteiger partial charge in [-0.1, -0.05) is 6.07 Å². The molecule has 0 aliphatic heterocycles. The van der Waals surface area contributed by atoms with Crippen molar-refractivity contribution in [1.29, 1.82) is 0 Å². The topological polar surface area (TPSA) is 93.8 Å². The minimum atomic E-state index is -0.333. The number of furan rings is 1. The van der Waals surface area contributed by atoms with Crippen LogP contribution in [0, 0.1) is 5.92 Å². The van der Waals surface area contributed by atoms with E-state index in [-0.39, 0.29) is 35.7 Å². The molecular weight excluding hydrogens is 312 g/mol. The lowest BCUT2D eigenvalue weighted by Crippen LogP contribution is -2.41. The van der Waals surface area contributed by atoms with Crippen molar-refractivity contribution in [3.63, 3.8) is 0 Å². The van der Waals surface area contributed by atoms with E-state index in [0.717, 1.165) is 5.56 Å². The van der Waals surface area contributed by atoms with Crippen LogP contribution < -0.4 is 14.8 Å². The number of aliphatic hydroxyl groups excluding tert-OH is 1. The summed E-state index contributed by atoms with van der Waals surface area (Å²) in [7, 11) is 3.02. The van der Waals surface area contributed by atoms with Crippen molar-refractivity contribution in [2.45, 2.75) is 25.0 Å². The Kier molecular flexibility index (Phi) is 4.71. The first-order chi connectivity index (χ1) is 11.6. The van der Waals surface area contributed by atoms with E-state index >= 15 is 0 Å². The first kappa shape index (κ1) is 16.3. The highest BCUT2D eigenvalue weighted by molar-refractivity contribution is 5.91. The fourth-order valence-electron chi connectivity index (χ4n) is 2.84. The average molecular weight is 332 g/mol. The van der Waals surface area contributed by atoms with Gasteiger partial charge in [0.05, 0.1) is 26.4 Å². The molecule has 2 aromatic heterocycles. The predicted octanol–water partition coefficient (Wildman–Crippen LogP) is 1.93. The second-order valence-electron chi connectivity index (χ2n) is 5.79. The standard InChI is InChI=1S/C17H20N2O5/c1-22-14-5-3-10(9-18-14)16(11-7-12(20)8-11)19-17(21)13-4-6-15(23-2)24-13/h3-6,9,11-12,16,20H,7-8H2,1-2H3,(H,19,21)/t11?,12?,16-/m0/s1. The molecule has 2 N–H and O–H groups in total. The Balaban J connectivity index is 1.77. The number of aromatic nitrogens is 1. The number of carbonyl (C=O) groups excluding carboxylic acids is 1. The number of ether oxygens (including phenoxy) is 2. The number of amides is 1. The van der Waals surface area contributed by atoms with Crippen LogP contribution in [0.25, 0.3) is 0 Å². The zero-order chi connectivity index (χ0) is 17.1. The van der Waals surface area contributed by atoms with Crippen LogP contribution in [-0.2, 0) is 0 Å². The summed E-state index contributed by atoms with van der Waals surface area (Å²) in [6.07, 6.45) is 2.64. The van der Waals surface area contributed by atoms with E-state index in [9.17, 15) is 9.90 Å². The Bertz CT molecular complexity index is 691. The van der Waals surface area contributed by atoms with Crippen LogP contribution >= 0.6 is 0 Å². The quantitative estimate of drug-likeness (QED) is 0.839. The second kappa shape index (κ2) is 6.92. The summed E-state index contributed by atoms with van der Waals surface area (Å²) < 4.78 is 15.3. The highest BCUT2D eigenvalue weighted by Crippen LogP contribution is 2.38. The Morgan fingerprint density at radius 2 is 2.08 bits per heavy atom. The smallest absolute Gasteiger partial charge is 0.287 e. The number of nitrogens with one attached hydrogen (secondary N) is 1. The van der Waals surface area contributed by atoms with Gasteiger partial charge in [-0.3, -0.25) is 4.79 Å². The lowest BCUT2D eigenvalue weighted by molar-refractivity contribution is 0.0231. The highest BCUT2D eigenvalue weighted by Gasteiger charge is 2.36. The van der Waals surface area contributed by atoms with E-state index in [1.165, 1.54) is 7.11 Å². The number of hydrogen-bond donors (Lipinski definition) is 2. The number of methoxy groups -OCH3 is 2. The fourth-order valence-corrected chi connectivity index (χ4v) is 2.84. The highest BCUT2D eigenvalue weighted by atomic mass is 16.6. The Labute approximate surface area is 139 Å². The minimum Gasteiger partial charge on any atom is -0.481 e. The van der Waals surface area contributed by atoms with Gasteiger partial charge in [-0.2, -0.15) is 0 Å². The first-order valence-electron chi connectivity index (χ1n) is 7.73. The van der Waals surface area contributed by atoms with Gasteiger partial charge in [0.25, 0.3) is 11.9 Å². The molecule has 3 rings (SSSR count). The van der Waals surface area contributed by atoms with Crippen molar-refractivity contribution in [1.82, 2.24) is 10.3 Å². The number of hydrogen-bond acceptors (Lipinski definition) is 6. The van der Waals surface area contributed by atoms with Crippen LogP contribution in [0.1, 0.15) is 35.0 Å². The van der Waals surface area contributed by atoms with E-state index in [1.54, 1.807) is 31.5 Å². The molecule has 0 unspecified atom stereocenters. The molecule has 0 spiro atoms. The van der Waals surface area contributed by atoms with Crippen molar-refractivity contribution in [2.24, 2.45) is 5.92 Å². The molecule has 0 saturated heterocycles. The molecule has 1 fully saturated rings. The van der Waals surface area contributed by atoms with Crippen LogP contribution in [0.15, 0.2) is 34.9 Å². The van der Waals surface area contributed by atoms with Gasteiger partial charge in [-0.25, -0.2) is 4.98 Å².